The number of nitrogens with one attached hydrogen (secondary N) is 2. The van der Waals surface area contributed by atoms with Crippen molar-refractivity contribution in [3.63, 3.8) is 0 Å². The largest absolute Gasteiger partial charge is 0.481 e. The molecule has 0 aliphatic heterocycles. The van der Waals surface area contributed by atoms with E-state index in [2.05, 4.69) is 20.5 Å². The van der Waals surface area contributed by atoms with Gasteiger partial charge in [0.2, 0.25) is 5.91 Å². The molecular formula is C18H22N4O3. The van der Waals surface area contributed by atoms with E-state index in [1.807, 2.05) is 26.0 Å². The molecule has 1 aromatic heterocycles. The number of anilines is 1. The first-order valence-electron chi connectivity index (χ1n) is 8.28. The first kappa shape index (κ1) is 17.1. The lowest BCUT2D eigenvalue weighted by atomic mass is 10.1. The van der Waals surface area contributed by atoms with E-state index in [4.69, 9.17) is 0 Å². The van der Waals surface area contributed by atoms with Gasteiger partial charge >= 0.3 is 5.97 Å². The maximum absolute atomic E-state index is 12.3. The molecule has 132 valence electrons. The van der Waals surface area contributed by atoms with E-state index < -0.39 is 23.2 Å². The van der Waals surface area contributed by atoms with Crippen molar-refractivity contribution >= 4 is 17.6 Å². The van der Waals surface area contributed by atoms with Crippen LogP contribution in [0.4, 0.5) is 5.69 Å². The molecule has 7 nitrogen and oxygen atoms in total. The zero-order valence-corrected chi connectivity index (χ0v) is 14.7. The van der Waals surface area contributed by atoms with Crippen molar-refractivity contribution in [1.82, 2.24) is 15.2 Å². The highest BCUT2D eigenvalue weighted by Gasteiger charge is 2.65. The van der Waals surface area contributed by atoms with Crippen molar-refractivity contribution in [2.45, 2.75) is 33.6 Å². The second kappa shape index (κ2) is 5.98. The zero-order valence-electron chi connectivity index (χ0n) is 14.7. The summed E-state index contributed by atoms with van der Waals surface area (Å²) in [7, 11) is 0. The van der Waals surface area contributed by atoms with Crippen LogP contribution in [0.15, 0.2) is 24.3 Å². The van der Waals surface area contributed by atoms with Crippen LogP contribution in [0.25, 0.3) is 11.4 Å². The SMILES string of the molecule is CC(C)c1nc(-c2ccc(NC(=O)[C@@H]3[C@@H](C(=O)O)C3(C)C)cc2)n[nH]1. The number of aromatic nitrogens is 3. The van der Waals surface area contributed by atoms with Crippen LogP contribution in [0, 0.1) is 17.3 Å². The minimum absolute atomic E-state index is 0.259. The van der Waals surface area contributed by atoms with Gasteiger partial charge in [0.25, 0.3) is 0 Å². The zero-order chi connectivity index (χ0) is 18.4. The monoisotopic (exact) mass is 342 g/mol. The third kappa shape index (κ3) is 3.14. The fourth-order valence-corrected chi connectivity index (χ4v) is 3.17. The molecule has 7 heteroatoms. The summed E-state index contributed by atoms with van der Waals surface area (Å²) in [6.07, 6.45) is 0. The summed E-state index contributed by atoms with van der Waals surface area (Å²) in [6.45, 7) is 7.67. The molecule has 25 heavy (non-hydrogen) atoms. The quantitative estimate of drug-likeness (QED) is 0.774. The molecule has 1 fully saturated rings. The Bertz CT molecular complexity index is 808. The number of rotatable bonds is 5. The van der Waals surface area contributed by atoms with Crippen LogP contribution < -0.4 is 5.32 Å². The second-order valence-electron chi connectivity index (χ2n) is 7.38. The average molecular weight is 342 g/mol. The number of H-pyrrole nitrogens is 1. The second-order valence-corrected chi connectivity index (χ2v) is 7.38. The van der Waals surface area contributed by atoms with Crippen molar-refractivity contribution in [2.75, 3.05) is 5.32 Å². The molecule has 2 atom stereocenters. The molecule has 1 saturated carbocycles. The van der Waals surface area contributed by atoms with Crippen LogP contribution in [0.5, 0.6) is 0 Å². The number of carbonyl (C=O) groups is 2. The molecule has 0 radical (unpaired) electrons. The highest BCUT2D eigenvalue weighted by atomic mass is 16.4. The molecule has 1 aromatic carbocycles. The Morgan fingerprint density at radius 1 is 1.20 bits per heavy atom. The maximum Gasteiger partial charge on any atom is 0.307 e. The van der Waals surface area contributed by atoms with Gasteiger partial charge in [0.15, 0.2) is 5.82 Å². The smallest absolute Gasteiger partial charge is 0.307 e. The number of carboxylic acid groups (broad SMARTS) is 1. The van der Waals surface area contributed by atoms with Crippen LogP contribution >= 0.6 is 0 Å². The summed E-state index contributed by atoms with van der Waals surface area (Å²) in [5.41, 5.74) is 0.957. The van der Waals surface area contributed by atoms with Gasteiger partial charge in [0.05, 0.1) is 11.8 Å². The lowest BCUT2D eigenvalue weighted by Gasteiger charge is -2.06. The van der Waals surface area contributed by atoms with Gasteiger partial charge in [0, 0.05) is 17.2 Å². The molecule has 0 bridgehead atoms. The van der Waals surface area contributed by atoms with Gasteiger partial charge in [-0.2, -0.15) is 5.10 Å². The predicted molar refractivity (Wildman–Crippen MR) is 92.9 cm³/mol. The molecule has 3 N–H and O–H groups in total. The van der Waals surface area contributed by atoms with E-state index in [0.717, 1.165) is 11.4 Å². The van der Waals surface area contributed by atoms with Crippen LogP contribution in [0.3, 0.4) is 0 Å². The summed E-state index contributed by atoms with van der Waals surface area (Å²) >= 11 is 0. The molecule has 1 heterocycles. The van der Waals surface area contributed by atoms with Crippen LogP contribution in [-0.4, -0.2) is 32.2 Å². The summed E-state index contributed by atoms with van der Waals surface area (Å²) in [5.74, 6) is -0.625. The van der Waals surface area contributed by atoms with Crippen molar-refractivity contribution in [2.24, 2.45) is 17.3 Å². The number of carbonyl (C=O) groups excluding carboxylic acids is 1. The number of aromatic amines is 1. The van der Waals surface area contributed by atoms with Gasteiger partial charge in [-0.3, -0.25) is 14.7 Å². The molecule has 3 rings (SSSR count). The summed E-state index contributed by atoms with van der Waals surface area (Å²) < 4.78 is 0. The van der Waals surface area contributed by atoms with Gasteiger partial charge < -0.3 is 10.4 Å². The number of hydrogen-bond acceptors (Lipinski definition) is 4. The Morgan fingerprint density at radius 3 is 2.32 bits per heavy atom. The average Bonchev–Trinajstić information content (AvgIpc) is 2.91. The third-order valence-electron chi connectivity index (χ3n) is 4.84. The Balaban J connectivity index is 1.69. The highest BCUT2D eigenvalue weighted by Crippen LogP contribution is 2.58. The van der Waals surface area contributed by atoms with Gasteiger partial charge in [-0.15, -0.1) is 0 Å². The summed E-state index contributed by atoms with van der Waals surface area (Å²) in [4.78, 5) is 28.0. The van der Waals surface area contributed by atoms with E-state index in [0.29, 0.717) is 11.5 Å². The van der Waals surface area contributed by atoms with Crippen LogP contribution in [0.1, 0.15) is 39.4 Å². The minimum Gasteiger partial charge on any atom is -0.481 e. The Kier molecular flexibility index (Phi) is 4.10. The van der Waals surface area contributed by atoms with E-state index in [1.165, 1.54) is 0 Å². The topological polar surface area (TPSA) is 108 Å². The summed E-state index contributed by atoms with van der Waals surface area (Å²) in [6, 6.07) is 7.19. The van der Waals surface area contributed by atoms with E-state index >= 15 is 0 Å². The molecular weight excluding hydrogens is 320 g/mol. The Labute approximate surface area is 145 Å². The fraction of sp³-hybridized carbons (Fsp3) is 0.444. The van der Waals surface area contributed by atoms with Gasteiger partial charge in [-0.25, -0.2) is 4.98 Å². The minimum atomic E-state index is -0.925. The van der Waals surface area contributed by atoms with Crippen molar-refractivity contribution in [1.29, 1.82) is 0 Å². The van der Waals surface area contributed by atoms with Crippen LogP contribution in [0.2, 0.25) is 0 Å². The van der Waals surface area contributed by atoms with Gasteiger partial charge in [-0.05, 0) is 29.7 Å². The molecule has 0 unspecified atom stereocenters. The first-order chi connectivity index (χ1) is 11.7. The number of benzene rings is 1. The maximum atomic E-state index is 12.3. The molecule has 1 aliphatic carbocycles. The Hall–Kier alpha value is -2.70. The van der Waals surface area contributed by atoms with E-state index in [-0.39, 0.29) is 11.8 Å². The first-order valence-corrected chi connectivity index (χ1v) is 8.28. The molecule has 0 saturated heterocycles. The number of nitrogens with zero attached hydrogens (tertiary/aromatic N) is 2. The van der Waals surface area contributed by atoms with Crippen molar-refractivity contribution in [3.05, 3.63) is 30.1 Å². The molecule has 2 aromatic rings. The van der Waals surface area contributed by atoms with E-state index in [9.17, 15) is 14.7 Å². The number of aliphatic carboxylic acids is 1. The molecule has 0 spiro atoms. The lowest BCUT2D eigenvalue weighted by Crippen LogP contribution is -2.17. The number of hydrogen-bond donors (Lipinski definition) is 3. The standard InChI is InChI=1S/C18H22N4O3/c1-9(2)14-20-15(22-21-14)10-5-7-11(8-6-10)19-16(23)12-13(17(24)25)18(12,3)4/h5-9,12-13H,1-4H3,(H,19,23)(H,24,25)(H,20,21,22)/t12-,13-/m0/s1. The molecule has 1 aliphatic rings. The van der Waals surface area contributed by atoms with E-state index in [1.54, 1.807) is 26.0 Å². The Morgan fingerprint density at radius 2 is 1.84 bits per heavy atom. The van der Waals surface area contributed by atoms with Gasteiger partial charge in [0.1, 0.15) is 5.82 Å². The fourth-order valence-electron chi connectivity index (χ4n) is 3.17. The van der Waals surface area contributed by atoms with Crippen molar-refractivity contribution in [3.8, 4) is 11.4 Å². The predicted octanol–water partition coefficient (Wildman–Crippen LogP) is 2.89. The summed E-state index contributed by atoms with van der Waals surface area (Å²) in [5, 5.41) is 19.1. The highest BCUT2D eigenvalue weighted by molar-refractivity contribution is 5.99. The molecule has 1 amide bonds. The normalized spacial score (nSPS) is 21.2. The van der Waals surface area contributed by atoms with Crippen molar-refractivity contribution < 1.29 is 14.7 Å². The number of carboxylic acids is 1. The number of amides is 1. The van der Waals surface area contributed by atoms with Gasteiger partial charge in [-0.1, -0.05) is 27.7 Å². The third-order valence-corrected chi connectivity index (χ3v) is 4.84. The van der Waals surface area contributed by atoms with Crippen LogP contribution in [-0.2, 0) is 9.59 Å². The lowest BCUT2D eigenvalue weighted by molar-refractivity contribution is -0.140.